The summed E-state index contributed by atoms with van der Waals surface area (Å²) in [5.41, 5.74) is 8.60. The zero-order chi connectivity index (χ0) is 13.7. The largest absolute Gasteiger partial charge is 0.398 e. The Morgan fingerprint density at radius 1 is 1.32 bits per heavy atom. The smallest absolute Gasteiger partial charge is 0.0953 e. The van der Waals surface area contributed by atoms with Gasteiger partial charge in [-0.2, -0.15) is 0 Å². The standard InChI is InChI=1S/C15H21N3O/c1-11(2)10-19-9-8-17-14-6-5-13(16)12-4-3-7-18-15(12)14/h3-7,11,17H,8-10,16H2,1-2H3. The topological polar surface area (TPSA) is 60.2 Å². The van der Waals surface area contributed by atoms with Crippen LogP contribution in [0.1, 0.15) is 13.8 Å². The van der Waals surface area contributed by atoms with Gasteiger partial charge in [-0.15, -0.1) is 0 Å². The van der Waals surface area contributed by atoms with Crippen LogP contribution in [0.25, 0.3) is 10.9 Å². The lowest BCUT2D eigenvalue weighted by molar-refractivity contribution is 0.118. The molecule has 3 N–H and O–H groups in total. The average molecular weight is 259 g/mol. The van der Waals surface area contributed by atoms with Gasteiger partial charge in [-0.3, -0.25) is 4.98 Å². The zero-order valence-electron chi connectivity index (χ0n) is 11.5. The predicted molar refractivity (Wildman–Crippen MR) is 80.3 cm³/mol. The van der Waals surface area contributed by atoms with Crippen LogP contribution in [0, 0.1) is 5.92 Å². The number of hydrogen-bond acceptors (Lipinski definition) is 4. The Labute approximate surface area is 114 Å². The van der Waals surface area contributed by atoms with Crippen molar-refractivity contribution in [3.8, 4) is 0 Å². The molecule has 0 bridgehead atoms. The Hall–Kier alpha value is -1.81. The van der Waals surface area contributed by atoms with Gasteiger partial charge >= 0.3 is 0 Å². The fourth-order valence-electron chi connectivity index (χ4n) is 1.91. The molecule has 102 valence electrons. The number of fused-ring (bicyclic) bond motifs is 1. The van der Waals surface area contributed by atoms with E-state index in [4.69, 9.17) is 10.5 Å². The Bertz CT molecular complexity index is 540. The van der Waals surface area contributed by atoms with Gasteiger partial charge in [0.05, 0.1) is 17.8 Å². The second-order valence-corrected chi connectivity index (χ2v) is 5.00. The van der Waals surface area contributed by atoms with E-state index in [1.54, 1.807) is 6.20 Å². The minimum atomic E-state index is 0.569. The van der Waals surface area contributed by atoms with Gasteiger partial charge in [0.15, 0.2) is 0 Å². The third-order valence-corrected chi connectivity index (χ3v) is 2.82. The van der Waals surface area contributed by atoms with Crippen molar-refractivity contribution in [3.63, 3.8) is 0 Å². The molecule has 0 aliphatic carbocycles. The Morgan fingerprint density at radius 2 is 2.16 bits per heavy atom. The molecule has 4 nitrogen and oxygen atoms in total. The number of nitrogen functional groups attached to an aromatic ring is 1. The summed E-state index contributed by atoms with van der Waals surface area (Å²) in [6.45, 7) is 6.54. The summed E-state index contributed by atoms with van der Waals surface area (Å²) in [6, 6.07) is 7.75. The first kappa shape index (κ1) is 13.6. The highest BCUT2D eigenvalue weighted by Crippen LogP contribution is 2.25. The number of nitrogens with one attached hydrogen (secondary N) is 1. The number of nitrogens with zero attached hydrogens (tertiary/aromatic N) is 1. The van der Waals surface area contributed by atoms with Gasteiger partial charge in [-0.25, -0.2) is 0 Å². The molecule has 1 heterocycles. The van der Waals surface area contributed by atoms with E-state index in [-0.39, 0.29) is 0 Å². The van der Waals surface area contributed by atoms with E-state index in [0.717, 1.165) is 35.4 Å². The molecular weight excluding hydrogens is 238 g/mol. The zero-order valence-corrected chi connectivity index (χ0v) is 11.5. The molecule has 0 fully saturated rings. The van der Waals surface area contributed by atoms with Gasteiger partial charge in [-0.05, 0) is 30.2 Å². The maximum Gasteiger partial charge on any atom is 0.0953 e. The highest BCUT2D eigenvalue weighted by Gasteiger charge is 2.04. The van der Waals surface area contributed by atoms with E-state index in [0.29, 0.717) is 12.5 Å². The molecule has 4 heteroatoms. The number of rotatable bonds is 6. The van der Waals surface area contributed by atoms with Crippen LogP contribution >= 0.6 is 0 Å². The van der Waals surface area contributed by atoms with Gasteiger partial charge in [0.25, 0.3) is 0 Å². The van der Waals surface area contributed by atoms with Crippen LogP contribution in [0.3, 0.4) is 0 Å². The fourth-order valence-corrected chi connectivity index (χ4v) is 1.91. The quantitative estimate of drug-likeness (QED) is 0.618. The van der Waals surface area contributed by atoms with E-state index in [2.05, 4.69) is 24.1 Å². The Balaban J connectivity index is 1.99. The van der Waals surface area contributed by atoms with E-state index in [1.807, 2.05) is 24.3 Å². The van der Waals surface area contributed by atoms with Crippen LogP contribution < -0.4 is 11.1 Å². The van der Waals surface area contributed by atoms with Gasteiger partial charge in [0.2, 0.25) is 0 Å². The van der Waals surface area contributed by atoms with Gasteiger partial charge in [-0.1, -0.05) is 13.8 Å². The van der Waals surface area contributed by atoms with Gasteiger partial charge in [0, 0.05) is 30.4 Å². The van der Waals surface area contributed by atoms with Gasteiger partial charge in [0.1, 0.15) is 0 Å². The third kappa shape index (κ3) is 3.58. The fraction of sp³-hybridized carbons (Fsp3) is 0.400. The molecule has 2 aromatic rings. The van der Waals surface area contributed by atoms with Crippen molar-refractivity contribution in [2.24, 2.45) is 5.92 Å². The first-order chi connectivity index (χ1) is 9.18. The SMILES string of the molecule is CC(C)COCCNc1ccc(N)c2cccnc12. The van der Waals surface area contributed by atoms with Crippen molar-refractivity contribution < 1.29 is 4.74 Å². The van der Waals surface area contributed by atoms with Crippen molar-refractivity contribution in [1.29, 1.82) is 0 Å². The lowest BCUT2D eigenvalue weighted by atomic mass is 10.1. The molecule has 0 aliphatic rings. The molecule has 0 saturated carbocycles. The number of nitrogens with two attached hydrogens (primary N) is 1. The summed E-state index contributed by atoms with van der Waals surface area (Å²) in [4.78, 5) is 4.39. The summed E-state index contributed by atoms with van der Waals surface area (Å²) < 4.78 is 5.54. The number of aromatic nitrogens is 1. The third-order valence-electron chi connectivity index (χ3n) is 2.82. The Morgan fingerprint density at radius 3 is 2.95 bits per heavy atom. The molecule has 2 rings (SSSR count). The van der Waals surface area contributed by atoms with Crippen LogP contribution in [0.5, 0.6) is 0 Å². The van der Waals surface area contributed by atoms with Gasteiger partial charge < -0.3 is 15.8 Å². The van der Waals surface area contributed by atoms with Crippen LogP contribution in [-0.2, 0) is 4.74 Å². The van der Waals surface area contributed by atoms with E-state index < -0.39 is 0 Å². The number of anilines is 2. The number of hydrogen-bond donors (Lipinski definition) is 2. The molecule has 0 atom stereocenters. The van der Waals surface area contributed by atoms with Crippen molar-refractivity contribution >= 4 is 22.3 Å². The monoisotopic (exact) mass is 259 g/mol. The second-order valence-electron chi connectivity index (χ2n) is 5.00. The second kappa shape index (κ2) is 6.38. The molecule has 0 aliphatic heterocycles. The maximum atomic E-state index is 5.94. The number of ether oxygens (including phenoxy) is 1. The predicted octanol–water partition coefficient (Wildman–Crippen LogP) is 2.90. The molecule has 0 amide bonds. The number of pyridine rings is 1. The molecule has 0 radical (unpaired) electrons. The Kier molecular flexibility index (Phi) is 4.58. The summed E-state index contributed by atoms with van der Waals surface area (Å²) in [5.74, 6) is 0.569. The van der Waals surface area contributed by atoms with Crippen LogP contribution in [0.2, 0.25) is 0 Å². The average Bonchev–Trinajstić information content (AvgIpc) is 2.41. The lowest BCUT2D eigenvalue weighted by Gasteiger charge is -2.11. The highest BCUT2D eigenvalue weighted by molar-refractivity contribution is 5.98. The van der Waals surface area contributed by atoms with Crippen LogP contribution in [-0.4, -0.2) is 24.7 Å². The van der Waals surface area contributed by atoms with E-state index in [1.165, 1.54) is 0 Å². The first-order valence-electron chi connectivity index (χ1n) is 6.63. The van der Waals surface area contributed by atoms with Crippen molar-refractivity contribution in [2.75, 3.05) is 30.8 Å². The summed E-state index contributed by atoms with van der Waals surface area (Å²) in [5, 5.41) is 4.33. The minimum absolute atomic E-state index is 0.569. The van der Waals surface area contributed by atoms with E-state index >= 15 is 0 Å². The minimum Gasteiger partial charge on any atom is -0.398 e. The lowest BCUT2D eigenvalue weighted by Crippen LogP contribution is -2.12. The molecule has 0 spiro atoms. The van der Waals surface area contributed by atoms with Crippen LogP contribution in [0.4, 0.5) is 11.4 Å². The molecule has 0 saturated heterocycles. The summed E-state index contributed by atoms with van der Waals surface area (Å²) >= 11 is 0. The summed E-state index contributed by atoms with van der Waals surface area (Å²) in [7, 11) is 0. The van der Waals surface area contributed by atoms with Crippen LogP contribution in [0.15, 0.2) is 30.5 Å². The highest BCUT2D eigenvalue weighted by atomic mass is 16.5. The van der Waals surface area contributed by atoms with E-state index in [9.17, 15) is 0 Å². The molecule has 1 aromatic heterocycles. The number of benzene rings is 1. The van der Waals surface area contributed by atoms with Crippen molar-refractivity contribution in [1.82, 2.24) is 4.98 Å². The molecule has 0 unspecified atom stereocenters. The van der Waals surface area contributed by atoms with Crippen molar-refractivity contribution in [2.45, 2.75) is 13.8 Å². The molecular formula is C15H21N3O. The van der Waals surface area contributed by atoms with Crippen molar-refractivity contribution in [3.05, 3.63) is 30.5 Å². The molecule has 1 aromatic carbocycles. The normalized spacial score (nSPS) is 11.1. The molecule has 19 heavy (non-hydrogen) atoms. The maximum absolute atomic E-state index is 5.94. The first-order valence-corrected chi connectivity index (χ1v) is 6.63. The summed E-state index contributed by atoms with van der Waals surface area (Å²) in [6.07, 6.45) is 1.78.